The zero-order valence-corrected chi connectivity index (χ0v) is 16.6. The maximum absolute atomic E-state index is 13.5. The minimum Gasteiger partial charge on any atom is -0.302 e. The van der Waals surface area contributed by atoms with Gasteiger partial charge in [0.1, 0.15) is 0 Å². The monoisotopic (exact) mass is 390 g/mol. The summed E-state index contributed by atoms with van der Waals surface area (Å²) in [4.78, 5) is 2.86. The van der Waals surface area contributed by atoms with Crippen LogP contribution in [0.25, 0.3) is 10.8 Å². The number of hydrogen-bond donors (Lipinski definition) is 0. The maximum atomic E-state index is 13.5. The fraction of sp³-hybridized carbons (Fsp3) is 0.500. The Bertz CT molecular complexity index is 863. The Labute approximate surface area is 160 Å². The van der Waals surface area contributed by atoms with Crippen molar-refractivity contribution in [2.45, 2.75) is 30.2 Å². The molecule has 2 saturated heterocycles. The second kappa shape index (κ2) is 7.89. The molecule has 4 nitrogen and oxygen atoms in total. The van der Waals surface area contributed by atoms with Crippen LogP contribution in [0, 0.1) is 0 Å². The van der Waals surface area contributed by atoms with Crippen molar-refractivity contribution >= 4 is 32.6 Å². The van der Waals surface area contributed by atoms with Gasteiger partial charge in [-0.25, -0.2) is 8.42 Å². The number of sulfonamides is 1. The molecule has 2 aliphatic rings. The van der Waals surface area contributed by atoms with E-state index in [1.165, 1.54) is 12.8 Å². The molecule has 2 heterocycles. The molecule has 0 spiro atoms. The number of fused-ring (bicyclic) bond motifs is 1. The second-order valence-electron chi connectivity index (χ2n) is 7.21. The van der Waals surface area contributed by atoms with Crippen LogP contribution in [0.15, 0.2) is 47.4 Å². The van der Waals surface area contributed by atoms with Crippen LogP contribution in [0.2, 0.25) is 0 Å². The van der Waals surface area contributed by atoms with Crippen molar-refractivity contribution in [2.24, 2.45) is 0 Å². The molecule has 26 heavy (non-hydrogen) atoms. The van der Waals surface area contributed by atoms with Gasteiger partial charge >= 0.3 is 0 Å². The molecule has 2 aromatic rings. The number of likely N-dealkylation sites (tertiary alicyclic amines) is 1. The third kappa shape index (κ3) is 3.79. The number of hydrogen-bond acceptors (Lipinski definition) is 4. The lowest BCUT2D eigenvalue weighted by Gasteiger charge is -2.31. The van der Waals surface area contributed by atoms with E-state index in [1.54, 1.807) is 10.4 Å². The van der Waals surface area contributed by atoms with Crippen molar-refractivity contribution in [1.29, 1.82) is 0 Å². The van der Waals surface area contributed by atoms with Gasteiger partial charge in [0.05, 0.1) is 4.90 Å². The first-order valence-electron chi connectivity index (χ1n) is 9.45. The van der Waals surface area contributed by atoms with Crippen molar-refractivity contribution in [3.8, 4) is 0 Å². The van der Waals surface area contributed by atoms with Crippen LogP contribution in [-0.2, 0) is 10.0 Å². The summed E-state index contributed by atoms with van der Waals surface area (Å²) in [7, 11) is -3.47. The highest BCUT2D eigenvalue weighted by Gasteiger charge is 2.34. The molecule has 0 N–H and O–H groups in total. The minimum atomic E-state index is -3.47. The molecular formula is C20H26N2O2S2. The highest BCUT2D eigenvalue weighted by molar-refractivity contribution is 7.99. The Balaban J connectivity index is 1.65. The van der Waals surface area contributed by atoms with E-state index in [9.17, 15) is 8.42 Å². The van der Waals surface area contributed by atoms with Gasteiger partial charge in [0, 0.05) is 24.9 Å². The molecule has 2 fully saturated rings. The summed E-state index contributed by atoms with van der Waals surface area (Å²) in [6.45, 7) is 3.69. The van der Waals surface area contributed by atoms with Crippen LogP contribution in [-0.4, -0.2) is 61.3 Å². The number of nitrogens with zero attached hydrogens (tertiary/aromatic N) is 2. The molecule has 0 bridgehead atoms. The summed E-state index contributed by atoms with van der Waals surface area (Å²) in [6, 6.07) is 13.5. The second-order valence-corrected chi connectivity index (χ2v) is 10.3. The molecule has 0 radical (unpaired) electrons. The Morgan fingerprint density at radius 1 is 0.962 bits per heavy atom. The van der Waals surface area contributed by atoms with E-state index in [0.29, 0.717) is 11.4 Å². The Kier molecular flexibility index (Phi) is 5.55. The number of rotatable bonds is 4. The predicted octanol–water partition coefficient (Wildman–Crippen LogP) is 3.43. The molecular weight excluding hydrogens is 364 g/mol. The van der Waals surface area contributed by atoms with Crippen LogP contribution in [0.5, 0.6) is 0 Å². The fourth-order valence-electron chi connectivity index (χ4n) is 3.99. The lowest BCUT2D eigenvalue weighted by Crippen LogP contribution is -2.47. The van der Waals surface area contributed by atoms with E-state index in [0.717, 1.165) is 48.3 Å². The molecule has 0 saturated carbocycles. The van der Waals surface area contributed by atoms with Gasteiger partial charge in [-0.15, -0.1) is 0 Å². The Morgan fingerprint density at radius 2 is 1.73 bits per heavy atom. The number of benzene rings is 2. The van der Waals surface area contributed by atoms with E-state index in [4.69, 9.17) is 0 Å². The molecule has 4 rings (SSSR count). The van der Waals surface area contributed by atoms with Gasteiger partial charge in [-0.3, -0.25) is 0 Å². The van der Waals surface area contributed by atoms with E-state index in [-0.39, 0.29) is 6.04 Å². The maximum Gasteiger partial charge on any atom is 0.243 e. The first-order chi connectivity index (χ1) is 12.6. The molecule has 140 valence electrons. The molecule has 1 atom stereocenters. The van der Waals surface area contributed by atoms with Crippen molar-refractivity contribution in [2.75, 3.05) is 37.7 Å². The van der Waals surface area contributed by atoms with E-state index in [1.807, 2.05) is 48.2 Å². The van der Waals surface area contributed by atoms with Gasteiger partial charge in [0.25, 0.3) is 0 Å². The van der Waals surface area contributed by atoms with Gasteiger partial charge in [-0.1, -0.05) is 30.3 Å². The van der Waals surface area contributed by atoms with Gasteiger partial charge < -0.3 is 4.90 Å². The Morgan fingerprint density at radius 3 is 2.54 bits per heavy atom. The zero-order valence-electron chi connectivity index (χ0n) is 15.0. The third-order valence-corrected chi connectivity index (χ3v) is 8.53. The van der Waals surface area contributed by atoms with Crippen LogP contribution >= 0.6 is 11.8 Å². The highest BCUT2D eigenvalue weighted by atomic mass is 32.2. The molecule has 2 aliphatic heterocycles. The smallest absolute Gasteiger partial charge is 0.243 e. The summed E-state index contributed by atoms with van der Waals surface area (Å²) in [6.07, 6.45) is 3.39. The zero-order chi connectivity index (χ0) is 18.0. The van der Waals surface area contributed by atoms with Gasteiger partial charge in [0.15, 0.2) is 0 Å². The molecule has 0 aromatic heterocycles. The van der Waals surface area contributed by atoms with Crippen molar-refractivity contribution in [1.82, 2.24) is 9.21 Å². The standard InChI is InChI=1S/C20H26N2O2S2/c23-26(24,20-9-8-17-6-1-2-7-18(17)14-20)22-12-5-13-25-16-19(22)15-21-10-3-4-11-21/h1-2,6-9,14,19H,3-5,10-13,15-16H2. The summed E-state index contributed by atoms with van der Waals surface area (Å²) in [5, 5.41) is 2.06. The first kappa shape index (κ1) is 18.3. The van der Waals surface area contributed by atoms with E-state index < -0.39 is 10.0 Å². The fourth-order valence-corrected chi connectivity index (χ4v) is 6.84. The lowest BCUT2D eigenvalue weighted by molar-refractivity contribution is 0.243. The summed E-state index contributed by atoms with van der Waals surface area (Å²) in [5.41, 5.74) is 0. The summed E-state index contributed by atoms with van der Waals surface area (Å²) in [5.74, 6) is 1.93. The molecule has 6 heteroatoms. The van der Waals surface area contributed by atoms with Crippen LogP contribution in [0.3, 0.4) is 0 Å². The normalized spacial score (nSPS) is 23.3. The summed E-state index contributed by atoms with van der Waals surface area (Å²) < 4.78 is 28.7. The Hall–Kier alpha value is -1.08. The molecule has 0 aliphatic carbocycles. The van der Waals surface area contributed by atoms with Gasteiger partial charge in [0.2, 0.25) is 10.0 Å². The molecule has 0 amide bonds. The minimum absolute atomic E-state index is 0.0667. The third-order valence-electron chi connectivity index (χ3n) is 5.38. The largest absolute Gasteiger partial charge is 0.302 e. The summed E-state index contributed by atoms with van der Waals surface area (Å²) >= 11 is 1.89. The lowest BCUT2D eigenvalue weighted by atomic mass is 10.1. The van der Waals surface area contributed by atoms with Crippen LogP contribution < -0.4 is 0 Å². The molecule has 1 unspecified atom stereocenters. The average Bonchev–Trinajstić information content (AvgIpc) is 3.05. The van der Waals surface area contributed by atoms with Gasteiger partial charge in [-0.2, -0.15) is 16.1 Å². The van der Waals surface area contributed by atoms with Crippen molar-refractivity contribution in [3.63, 3.8) is 0 Å². The molecule has 2 aromatic carbocycles. The van der Waals surface area contributed by atoms with E-state index in [2.05, 4.69) is 4.90 Å². The van der Waals surface area contributed by atoms with Crippen molar-refractivity contribution in [3.05, 3.63) is 42.5 Å². The first-order valence-corrected chi connectivity index (χ1v) is 12.0. The van der Waals surface area contributed by atoms with E-state index >= 15 is 0 Å². The van der Waals surface area contributed by atoms with Crippen molar-refractivity contribution < 1.29 is 8.42 Å². The number of thioether (sulfide) groups is 1. The topological polar surface area (TPSA) is 40.6 Å². The quantitative estimate of drug-likeness (QED) is 0.802. The predicted molar refractivity (Wildman–Crippen MR) is 109 cm³/mol. The SMILES string of the molecule is O=S(=O)(c1ccc2ccccc2c1)N1CCCSCC1CN1CCCC1. The van der Waals surface area contributed by atoms with Crippen LogP contribution in [0.4, 0.5) is 0 Å². The van der Waals surface area contributed by atoms with Crippen LogP contribution in [0.1, 0.15) is 19.3 Å². The van der Waals surface area contributed by atoms with Gasteiger partial charge in [-0.05, 0) is 61.0 Å². The highest BCUT2D eigenvalue weighted by Crippen LogP contribution is 2.27. The average molecular weight is 391 g/mol.